The van der Waals surface area contributed by atoms with Gasteiger partial charge < -0.3 is 15.1 Å². The number of amides is 2. The Labute approximate surface area is 171 Å². The third-order valence-corrected chi connectivity index (χ3v) is 5.71. The van der Waals surface area contributed by atoms with Crippen LogP contribution in [0.3, 0.4) is 0 Å². The van der Waals surface area contributed by atoms with Crippen LogP contribution in [0.1, 0.15) is 54.4 Å². The molecule has 0 bridgehead atoms. The Morgan fingerprint density at radius 1 is 0.931 bits per heavy atom. The number of carbonyl (C=O) groups excluding carboxylic acids is 2. The molecule has 0 spiro atoms. The molecule has 0 saturated carbocycles. The highest BCUT2D eigenvalue weighted by molar-refractivity contribution is 5.97. The predicted molar refractivity (Wildman–Crippen MR) is 114 cm³/mol. The molecule has 0 atom stereocenters. The Balaban J connectivity index is 1.31. The average Bonchev–Trinajstić information content (AvgIpc) is 3.01. The van der Waals surface area contributed by atoms with E-state index in [1.54, 1.807) is 17.0 Å². The van der Waals surface area contributed by atoms with E-state index in [4.69, 9.17) is 0 Å². The lowest BCUT2D eigenvalue weighted by Gasteiger charge is -2.21. The van der Waals surface area contributed by atoms with Crippen molar-refractivity contribution in [2.75, 3.05) is 29.4 Å². The first-order valence-electron chi connectivity index (χ1n) is 10.6. The Bertz CT molecular complexity index is 840. The smallest absolute Gasteiger partial charge is 0.251 e. The van der Waals surface area contributed by atoms with Crippen LogP contribution in [-0.2, 0) is 11.3 Å². The normalized spacial score (nSPS) is 17.3. The van der Waals surface area contributed by atoms with E-state index in [1.165, 1.54) is 25.7 Å². The second-order valence-corrected chi connectivity index (χ2v) is 7.80. The highest BCUT2D eigenvalue weighted by Gasteiger charge is 2.21. The van der Waals surface area contributed by atoms with Gasteiger partial charge in [0.05, 0.1) is 0 Å². The van der Waals surface area contributed by atoms with Crippen LogP contribution in [0.15, 0.2) is 42.6 Å². The summed E-state index contributed by atoms with van der Waals surface area (Å²) in [6.07, 6.45) is 8.40. The highest BCUT2D eigenvalue weighted by atomic mass is 16.2. The zero-order chi connectivity index (χ0) is 20.1. The first kappa shape index (κ1) is 19.4. The molecule has 152 valence electrons. The number of rotatable bonds is 5. The van der Waals surface area contributed by atoms with Gasteiger partial charge in [0.25, 0.3) is 5.91 Å². The number of anilines is 2. The van der Waals surface area contributed by atoms with Gasteiger partial charge in [0, 0.05) is 50.0 Å². The number of aromatic nitrogens is 1. The quantitative estimate of drug-likeness (QED) is 0.846. The van der Waals surface area contributed by atoms with E-state index in [0.29, 0.717) is 18.5 Å². The largest absolute Gasteiger partial charge is 0.357 e. The van der Waals surface area contributed by atoms with E-state index >= 15 is 0 Å². The van der Waals surface area contributed by atoms with E-state index in [2.05, 4.69) is 21.3 Å². The number of nitrogens with one attached hydrogen (secondary N) is 1. The predicted octanol–water partition coefficient (Wildman–Crippen LogP) is 3.52. The van der Waals surface area contributed by atoms with Crippen molar-refractivity contribution < 1.29 is 9.59 Å². The third-order valence-electron chi connectivity index (χ3n) is 5.71. The van der Waals surface area contributed by atoms with Crippen LogP contribution in [0.25, 0.3) is 0 Å². The number of nitrogens with zero attached hydrogens (tertiary/aromatic N) is 3. The SMILES string of the molecule is O=C(NCc1ccc(N2CCCCCC2)nc1)c1ccc(N2CCCC2=O)cc1. The standard InChI is InChI=1S/C23H28N4O2/c28-22-6-5-15-27(22)20-10-8-19(9-11-20)23(29)25-17-18-7-12-21(24-16-18)26-13-3-1-2-4-14-26/h7-12,16H,1-6,13-15,17H2,(H,25,29). The molecule has 0 radical (unpaired) electrons. The van der Waals surface area contributed by atoms with Crippen LogP contribution in [0.5, 0.6) is 0 Å². The van der Waals surface area contributed by atoms with E-state index in [0.717, 1.165) is 43.1 Å². The Morgan fingerprint density at radius 2 is 1.69 bits per heavy atom. The molecule has 2 aliphatic heterocycles. The van der Waals surface area contributed by atoms with Crippen LogP contribution in [0, 0.1) is 0 Å². The fourth-order valence-corrected chi connectivity index (χ4v) is 4.01. The minimum absolute atomic E-state index is 0.124. The van der Waals surface area contributed by atoms with E-state index in [-0.39, 0.29) is 11.8 Å². The van der Waals surface area contributed by atoms with Crippen molar-refractivity contribution in [1.82, 2.24) is 10.3 Å². The van der Waals surface area contributed by atoms with Crippen molar-refractivity contribution in [1.29, 1.82) is 0 Å². The lowest BCUT2D eigenvalue weighted by molar-refractivity contribution is -0.117. The molecule has 29 heavy (non-hydrogen) atoms. The van der Waals surface area contributed by atoms with Gasteiger partial charge in [-0.3, -0.25) is 9.59 Å². The monoisotopic (exact) mass is 392 g/mol. The maximum absolute atomic E-state index is 12.4. The molecule has 2 saturated heterocycles. The summed E-state index contributed by atoms with van der Waals surface area (Å²) in [4.78, 5) is 33.0. The molecule has 0 aliphatic carbocycles. The summed E-state index contributed by atoms with van der Waals surface area (Å²) in [5.74, 6) is 1.05. The molecule has 1 aromatic carbocycles. The summed E-state index contributed by atoms with van der Waals surface area (Å²) in [7, 11) is 0. The molecule has 2 aliphatic rings. The van der Waals surface area contributed by atoms with Crippen LogP contribution < -0.4 is 15.1 Å². The van der Waals surface area contributed by atoms with E-state index < -0.39 is 0 Å². The maximum atomic E-state index is 12.4. The molecular formula is C23H28N4O2. The van der Waals surface area contributed by atoms with Gasteiger partial charge in [-0.05, 0) is 55.2 Å². The van der Waals surface area contributed by atoms with Gasteiger partial charge >= 0.3 is 0 Å². The molecule has 3 heterocycles. The average molecular weight is 393 g/mol. The number of pyridine rings is 1. The number of hydrogen-bond acceptors (Lipinski definition) is 4. The second-order valence-electron chi connectivity index (χ2n) is 7.80. The van der Waals surface area contributed by atoms with Crippen LogP contribution in [0.4, 0.5) is 11.5 Å². The topological polar surface area (TPSA) is 65.5 Å². The number of hydrogen-bond donors (Lipinski definition) is 1. The molecule has 6 nitrogen and oxygen atoms in total. The molecule has 0 unspecified atom stereocenters. The van der Waals surface area contributed by atoms with E-state index in [9.17, 15) is 9.59 Å². The van der Waals surface area contributed by atoms with Gasteiger partial charge in [-0.15, -0.1) is 0 Å². The Morgan fingerprint density at radius 3 is 2.31 bits per heavy atom. The number of benzene rings is 1. The van der Waals surface area contributed by atoms with Gasteiger partial charge in [0.1, 0.15) is 5.82 Å². The molecule has 6 heteroatoms. The summed E-state index contributed by atoms with van der Waals surface area (Å²) in [6.45, 7) is 3.34. The summed E-state index contributed by atoms with van der Waals surface area (Å²) < 4.78 is 0. The fraction of sp³-hybridized carbons (Fsp3) is 0.435. The molecule has 2 aromatic rings. The third kappa shape index (κ3) is 4.75. The van der Waals surface area contributed by atoms with Crippen LogP contribution in [-0.4, -0.2) is 36.4 Å². The summed E-state index contributed by atoms with van der Waals surface area (Å²) in [5, 5.41) is 2.95. The van der Waals surface area contributed by atoms with Crippen molar-refractivity contribution in [3.05, 3.63) is 53.7 Å². The molecular weight excluding hydrogens is 364 g/mol. The highest BCUT2D eigenvalue weighted by Crippen LogP contribution is 2.22. The van der Waals surface area contributed by atoms with E-state index in [1.807, 2.05) is 24.4 Å². The maximum Gasteiger partial charge on any atom is 0.251 e. The first-order chi connectivity index (χ1) is 14.2. The summed E-state index contributed by atoms with van der Waals surface area (Å²) >= 11 is 0. The molecule has 2 fully saturated rings. The molecule has 4 rings (SSSR count). The van der Waals surface area contributed by atoms with Crippen molar-refractivity contribution in [3.63, 3.8) is 0 Å². The zero-order valence-corrected chi connectivity index (χ0v) is 16.8. The molecule has 2 amide bonds. The van der Waals surface area contributed by atoms with Gasteiger partial charge in [-0.2, -0.15) is 0 Å². The Kier molecular flexibility index (Phi) is 6.08. The fourth-order valence-electron chi connectivity index (χ4n) is 4.01. The Hall–Kier alpha value is -2.89. The summed E-state index contributed by atoms with van der Waals surface area (Å²) in [6, 6.07) is 11.3. The van der Waals surface area contributed by atoms with Crippen molar-refractivity contribution in [3.8, 4) is 0 Å². The van der Waals surface area contributed by atoms with Gasteiger partial charge in [0.2, 0.25) is 5.91 Å². The second kappa shape index (κ2) is 9.07. The van der Waals surface area contributed by atoms with Gasteiger partial charge in [-0.25, -0.2) is 4.98 Å². The van der Waals surface area contributed by atoms with Crippen LogP contribution in [0.2, 0.25) is 0 Å². The van der Waals surface area contributed by atoms with Crippen molar-refractivity contribution in [2.24, 2.45) is 0 Å². The molecule has 1 aromatic heterocycles. The van der Waals surface area contributed by atoms with Crippen molar-refractivity contribution in [2.45, 2.75) is 45.1 Å². The first-order valence-corrected chi connectivity index (χ1v) is 10.6. The number of carbonyl (C=O) groups is 2. The molecule has 1 N–H and O–H groups in total. The minimum Gasteiger partial charge on any atom is -0.357 e. The minimum atomic E-state index is -0.124. The zero-order valence-electron chi connectivity index (χ0n) is 16.8. The van der Waals surface area contributed by atoms with Gasteiger partial charge in [-0.1, -0.05) is 18.9 Å². The van der Waals surface area contributed by atoms with Crippen LogP contribution >= 0.6 is 0 Å². The van der Waals surface area contributed by atoms with Gasteiger partial charge in [0.15, 0.2) is 0 Å². The van der Waals surface area contributed by atoms with Crippen molar-refractivity contribution >= 4 is 23.3 Å². The lowest BCUT2D eigenvalue weighted by atomic mass is 10.1. The summed E-state index contributed by atoms with van der Waals surface area (Å²) in [5.41, 5.74) is 2.43. The lowest BCUT2D eigenvalue weighted by Crippen LogP contribution is -2.26.